The lowest BCUT2D eigenvalue weighted by Crippen LogP contribution is -2.37. The van der Waals surface area contributed by atoms with E-state index in [4.69, 9.17) is 12.2 Å². The smallest absolute Gasteiger partial charge is 0.251 e. The highest BCUT2D eigenvalue weighted by molar-refractivity contribution is 5.96. The molecule has 0 spiro atoms. The van der Waals surface area contributed by atoms with Gasteiger partial charge in [0.1, 0.15) is 0 Å². The van der Waals surface area contributed by atoms with E-state index in [2.05, 4.69) is 16.6 Å². The fourth-order valence-electron chi connectivity index (χ4n) is 1.11. The van der Waals surface area contributed by atoms with Crippen molar-refractivity contribution in [3.8, 4) is 12.3 Å². The lowest BCUT2D eigenvalue weighted by molar-refractivity contribution is -0.119. The molecule has 0 bridgehead atoms. The van der Waals surface area contributed by atoms with Crippen LogP contribution in [0.5, 0.6) is 0 Å². The van der Waals surface area contributed by atoms with Gasteiger partial charge in [-0.1, -0.05) is 5.92 Å². The second-order valence-electron chi connectivity index (χ2n) is 3.29. The first-order valence-electron chi connectivity index (χ1n) is 4.97. The van der Waals surface area contributed by atoms with Crippen LogP contribution < -0.4 is 16.4 Å². The van der Waals surface area contributed by atoms with Gasteiger partial charge >= 0.3 is 0 Å². The average Bonchev–Trinajstić information content (AvgIpc) is 2.34. The summed E-state index contributed by atoms with van der Waals surface area (Å²) in [7, 11) is 0. The predicted molar refractivity (Wildman–Crippen MR) is 65.0 cm³/mol. The number of terminal acetylenes is 1. The summed E-state index contributed by atoms with van der Waals surface area (Å²) in [5.74, 6) is 1.61. The molecule has 0 heterocycles. The first kappa shape index (κ1) is 12.6. The van der Waals surface area contributed by atoms with Crippen LogP contribution in [0, 0.1) is 12.3 Å². The Bertz CT molecular complexity index is 446. The van der Waals surface area contributed by atoms with Crippen molar-refractivity contribution >= 4 is 17.5 Å². The van der Waals surface area contributed by atoms with E-state index in [-0.39, 0.29) is 24.9 Å². The van der Waals surface area contributed by atoms with Gasteiger partial charge in [-0.25, -0.2) is 0 Å². The first-order chi connectivity index (χ1) is 8.13. The van der Waals surface area contributed by atoms with Crippen molar-refractivity contribution in [3.63, 3.8) is 0 Å². The van der Waals surface area contributed by atoms with E-state index >= 15 is 0 Å². The van der Waals surface area contributed by atoms with E-state index in [0.29, 0.717) is 11.3 Å². The predicted octanol–water partition coefficient (Wildman–Crippen LogP) is -0.252. The summed E-state index contributed by atoms with van der Waals surface area (Å²) in [5.41, 5.74) is 6.51. The zero-order chi connectivity index (χ0) is 12.7. The summed E-state index contributed by atoms with van der Waals surface area (Å²) in [4.78, 5) is 22.7. The fourth-order valence-corrected chi connectivity index (χ4v) is 1.11. The molecule has 5 heteroatoms. The Kier molecular flexibility index (Phi) is 4.58. The molecule has 1 rings (SSSR count). The SMILES string of the molecule is C#CCNC(=O)CNC(=O)c1ccc(N)cc1. The van der Waals surface area contributed by atoms with Gasteiger partial charge in [-0.05, 0) is 24.3 Å². The molecule has 5 nitrogen and oxygen atoms in total. The Morgan fingerprint density at radius 3 is 2.47 bits per heavy atom. The number of nitrogen functional groups attached to an aromatic ring is 1. The van der Waals surface area contributed by atoms with Gasteiger partial charge in [0.15, 0.2) is 0 Å². The topological polar surface area (TPSA) is 84.2 Å². The highest BCUT2D eigenvalue weighted by Gasteiger charge is 2.06. The van der Waals surface area contributed by atoms with E-state index in [1.165, 1.54) is 0 Å². The number of carbonyl (C=O) groups excluding carboxylic acids is 2. The highest BCUT2D eigenvalue weighted by atomic mass is 16.2. The Labute approximate surface area is 99.4 Å². The molecule has 0 aliphatic heterocycles. The van der Waals surface area contributed by atoms with Gasteiger partial charge in [0, 0.05) is 11.3 Å². The van der Waals surface area contributed by atoms with E-state index in [9.17, 15) is 9.59 Å². The lowest BCUT2D eigenvalue weighted by Gasteiger charge is -2.05. The van der Waals surface area contributed by atoms with Gasteiger partial charge < -0.3 is 16.4 Å². The third-order valence-corrected chi connectivity index (χ3v) is 1.97. The van der Waals surface area contributed by atoms with Gasteiger partial charge in [-0.3, -0.25) is 9.59 Å². The standard InChI is InChI=1S/C12H13N3O2/c1-2-7-14-11(16)8-15-12(17)9-3-5-10(13)6-4-9/h1,3-6H,7-8,13H2,(H,14,16)(H,15,17). The van der Waals surface area contributed by atoms with Gasteiger partial charge in [0.25, 0.3) is 5.91 Å². The number of anilines is 1. The first-order valence-corrected chi connectivity index (χ1v) is 4.97. The average molecular weight is 231 g/mol. The molecule has 1 aromatic carbocycles. The number of rotatable bonds is 4. The third kappa shape index (κ3) is 4.26. The molecule has 0 aromatic heterocycles. The van der Waals surface area contributed by atoms with Crippen LogP contribution in [0.15, 0.2) is 24.3 Å². The third-order valence-electron chi connectivity index (χ3n) is 1.97. The molecule has 0 fully saturated rings. The summed E-state index contributed by atoms with van der Waals surface area (Å²) in [6.07, 6.45) is 4.97. The van der Waals surface area contributed by atoms with Gasteiger partial charge in [-0.2, -0.15) is 0 Å². The number of hydrogen-bond acceptors (Lipinski definition) is 3. The van der Waals surface area contributed by atoms with Crippen LogP contribution in [0.1, 0.15) is 10.4 Å². The zero-order valence-corrected chi connectivity index (χ0v) is 9.19. The molecule has 0 radical (unpaired) electrons. The summed E-state index contributed by atoms with van der Waals surface area (Å²) in [6.45, 7) is 0.0431. The van der Waals surface area contributed by atoms with Crippen LogP contribution >= 0.6 is 0 Å². The minimum Gasteiger partial charge on any atom is -0.399 e. The van der Waals surface area contributed by atoms with Crippen LogP contribution in [0.2, 0.25) is 0 Å². The highest BCUT2D eigenvalue weighted by Crippen LogP contribution is 2.04. The second-order valence-corrected chi connectivity index (χ2v) is 3.29. The molecule has 0 aliphatic rings. The Morgan fingerprint density at radius 2 is 1.88 bits per heavy atom. The number of benzene rings is 1. The van der Waals surface area contributed by atoms with Crippen molar-refractivity contribution in [1.29, 1.82) is 0 Å². The quantitative estimate of drug-likeness (QED) is 0.493. The summed E-state index contributed by atoms with van der Waals surface area (Å²) in [6, 6.07) is 6.41. The van der Waals surface area contributed by atoms with Crippen LogP contribution in [0.3, 0.4) is 0 Å². The van der Waals surface area contributed by atoms with Crippen LogP contribution in [0.4, 0.5) is 5.69 Å². The van der Waals surface area contributed by atoms with Crippen LogP contribution in [-0.2, 0) is 4.79 Å². The van der Waals surface area contributed by atoms with Crippen molar-refractivity contribution in [3.05, 3.63) is 29.8 Å². The molecule has 0 aliphatic carbocycles. The number of hydrogen-bond donors (Lipinski definition) is 3. The molecule has 4 N–H and O–H groups in total. The van der Waals surface area contributed by atoms with Crippen molar-refractivity contribution < 1.29 is 9.59 Å². The molecule has 88 valence electrons. The number of carbonyl (C=O) groups is 2. The van der Waals surface area contributed by atoms with Crippen molar-refractivity contribution in [2.24, 2.45) is 0 Å². The molecule has 0 atom stereocenters. The Balaban J connectivity index is 2.42. The molecule has 2 amide bonds. The van der Waals surface area contributed by atoms with E-state index in [0.717, 1.165) is 0 Å². The van der Waals surface area contributed by atoms with E-state index in [1.807, 2.05) is 0 Å². The largest absolute Gasteiger partial charge is 0.399 e. The molecular formula is C12H13N3O2. The molecule has 0 saturated carbocycles. The Hall–Kier alpha value is -2.48. The number of nitrogens with two attached hydrogens (primary N) is 1. The van der Waals surface area contributed by atoms with Crippen molar-refractivity contribution in [2.75, 3.05) is 18.8 Å². The minimum absolute atomic E-state index is 0.106. The van der Waals surface area contributed by atoms with Crippen LogP contribution in [0.25, 0.3) is 0 Å². The minimum atomic E-state index is -0.333. The van der Waals surface area contributed by atoms with Gasteiger partial charge in [0.2, 0.25) is 5.91 Å². The number of nitrogens with one attached hydrogen (secondary N) is 2. The lowest BCUT2D eigenvalue weighted by atomic mass is 10.2. The molecule has 17 heavy (non-hydrogen) atoms. The zero-order valence-electron chi connectivity index (χ0n) is 9.19. The summed E-state index contributed by atoms with van der Waals surface area (Å²) < 4.78 is 0. The second kappa shape index (κ2) is 6.18. The maximum atomic E-state index is 11.6. The van der Waals surface area contributed by atoms with Crippen LogP contribution in [-0.4, -0.2) is 24.9 Å². The van der Waals surface area contributed by atoms with Crippen molar-refractivity contribution in [1.82, 2.24) is 10.6 Å². The van der Waals surface area contributed by atoms with Crippen molar-refractivity contribution in [2.45, 2.75) is 0 Å². The van der Waals surface area contributed by atoms with E-state index < -0.39 is 0 Å². The van der Waals surface area contributed by atoms with Gasteiger partial charge in [0.05, 0.1) is 13.1 Å². The summed E-state index contributed by atoms with van der Waals surface area (Å²) >= 11 is 0. The number of amides is 2. The maximum absolute atomic E-state index is 11.6. The summed E-state index contributed by atoms with van der Waals surface area (Å²) in [5, 5.41) is 4.91. The molecule has 0 unspecified atom stereocenters. The molecular weight excluding hydrogens is 218 g/mol. The van der Waals surface area contributed by atoms with E-state index in [1.54, 1.807) is 24.3 Å². The van der Waals surface area contributed by atoms with Gasteiger partial charge in [-0.15, -0.1) is 6.42 Å². The molecule has 1 aromatic rings. The molecule has 0 saturated heterocycles. The maximum Gasteiger partial charge on any atom is 0.251 e. The Morgan fingerprint density at radius 1 is 1.24 bits per heavy atom. The fraction of sp³-hybridized carbons (Fsp3) is 0.167. The monoisotopic (exact) mass is 231 g/mol. The normalized spacial score (nSPS) is 9.12.